The molecule has 2 N–H and O–H groups in total. The maximum atomic E-state index is 12.4. The number of hydrogen-bond donors (Lipinski definition) is 2. The topological polar surface area (TPSA) is 41.1 Å². The molecule has 1 aromatic rings. The molecule has 0 saturated heterocycles. The van der Waals surface area contributed by atoms with Gasteiger partial charge in [0.15, 0.2) is 0 Å². The lowest BCUT2D eigenvalue weighted by Gasteiger charge is -2.26. The van der Waals surface area contributed by atoms with Gasteiger partial charge in [-0.3, -0.25) is 4.79 Å². The third-order valence-corrected chi connectivity index (χ3v) is 5.04. The van der Waals surface area contributed by atoms with Crippen LogP contribution in [0, 0.1) is 5.92 Å². The standard InChI is InChI=1S/C18H26N2O.ClH/c1-2-10-19-11-12-20-17(21)16-13-18(16)9-5-7-14-6-3-4-8-15(14)18;/h3-4,6,8,16,19H,2,5,7,9-13H2,1H3,(H,20,21);1H. The Balaban J connectivity index is 0.00000176. The second-order valence-electron chi connectivity index (χ2n) is 6.46. The zero-order valence-corrected chi connectivity index (χ0v) is 14.2. The quantitative estimate of drug-likeness (QED) is 0.791. The summed E-state index contributed by atoms with van der Waals surface area (Å²) in [6.07, 6.45) is 5.75. The van der Waals surface area contributed by atoms with Crippen LogP contribution in [0.25, 0.3) is 0 Å². The first-order chi connectivity index (χ1) is 10.3. The number of amides is 1. The minimum absolute atomic E-state index is 0. The molecule has 0 bridgehead atoms. The van der Waals surface area contributed by atoms with Gasteiger partial charge in [-0.1, -0.05) is 31.2 Å². The third-order valence-electron chi connectivity index (χ3n) is 5.04. The van der Waals surface area contributed by atoms with Crippen LogP contribution < -0.4 is 10.6 Å². The average molecular weight is 323 g/mol. The summed E-state index contributed by atoms with van der Waals surface area (Å²) >= 11 is 0. The van der Waals surface area contributed by atoms with E-state index < -0.39 is 0 Å². The van der Waals surface area contributed by atoms with E-state index in [4.69, 9.17) is 0 Å². The van der Waals surface area contributed by atoms with Crippen molar-refractivity contribution in [2.75, 3.05) is 19.6 Å². The van der Waals surface area contributed by atoms with Crippen molar-refractivity contribution in [1.82, 2.24) is 10.6 Å². The lowest BCUT2D eigenvalue weighted by molar-refractivity contribution is -0.122. The summed E-state index contributed by atoms with van der Waals surface area (Å²) in [6.45, 7) is 4.79. The summed E-state index contributed by atoms with van der Waals surface area (Å²) in [6, 6.07) is 8.71. The normalized spacial score (nSPS) is 25.2. The number of carbonyl (C=O) groups is 1. The fraction of sp³-hybridized carbons (Fsp3) is 0.611. The molecule has 4 heteroatoms. The van der Waals surface area contributed by atoms with Crippen LogP contribution in [0.1, 0.15) is 43.7 Å². The number of nitrogens with one attached hydrogen (secondary N) is 2. The summed E-state index contributed by atoms with van der Waals surface area (Å²) in [5.74, 6) is 0.454. The molecule has 2 unspecified atom stereocenters. The molecule has 122 valence electrons. The molecule has 2 atom stereocenters. The van der Waals surface area contributed by atoms with Crippen molar-refractivity contribution in [3.63, 3.8) is 0 Å². The molecular weight excluding hydrogens is 296 g/mol. The van der Waals surface area contributed by atoms with Gasteiger partial charge in [-0.25, -0.2) is 0 Å². The fourth-order valence-corrected chi connectivity index (χ4v) is 3.87. The first-order valence-electron chi connectivity index (χ1n) is 8.35. The molecule has 1 aromatic carbocycles. The molecule has 2 aliphatic carbocycles. The van der Waals surface area contributed by atoms with Crippen molar-refractivity contribution < 1.29 is 4.79 Å². The monoisotopic (exact) mass is 322 g/mol. The van der Waals surface area contributed by atoms with Crippen LogP contribution in [0.15, 0.2) is 24.3 Å². The smallest absolute Gasteiger partial charge is 0.224 e. The van der Waals surface area contributed by atoms with Crippen molar-refractivity contribution in [1.29, 1.82) is 0 Å². The summed E-state index contributed by atoms with van der Waals surface area (Å²) < 4.78 is 0. The van der Waals surface area contributed by atoms with E-state index in [1.165, 1.54) is 30.4 Å². The van der Waals surface area contributed by atoms with Crippen LogP contribution in [0.5, 0.6) is 0 Å². The summed E-state index contributed by atoms with van der Waals surface area (Å²) in [7, 11) is 0. The van der Waals surface area contributed by atoms with Crippen molar-refractivity contribution >= 4 is 18.3 Å². The Morgan fingerprint density at radius 1 is 1.27 bits per heavy atom. The van der Waals surface area contributed by atoms with Crippen molar-refractivity contribution in [2.24, 2.45) is 5.92 Å². The van der Waals surface area contributed by atoms with E-state index in [1.54, 1.807) is 0 Å². The third kappa shape index (κ3) is 3.31. The van der Waals surface area contributed by atoms with Gasteiger partial charge in [-0.15, -0.1) is 12.4 Å². The first-order valence-corrected chi connectivity index (χ1v) is 8.35. The number of aryl methyl sites for hydroxylation is 1. The highest BCUT2D eigenvalue weighted by Crippen LogP contribution is 2.60. The van der Waals surface area contributed by atoms with E-state index in [9.17, 15) is 4.79 Å². The van der Waals surface area contributed by atoms with Gasteiger partial charge in [0.05, 0.1) is 0 Å². The fourth-order valence-electron chi connectivity index (χ4n) is 3.87. The molecule has 0 aromatic heterocycles. The lowest BCUT2D eigenvalue weighted by atomic mass is 9.78. The van der Waals surface area contributed by atoms with Crippen LogP contribution >= 0.6 is 12.4 Å². The molecule has 2 aliphatic rings. The minimum atomic E-state index is 0. The highest BCUT2D eigenvalue weighted by atomic mass is 35.5. The van der Waals surface area contributed by atoms with E-state index >= 15 is 0 Å². The van der Waals surface area contributed by atoms with Crippen LogP contribution in [0.3, 0.4) is 0 Å². The zero-order chi connectivity index (χ0) is 14.7. The van der Waals surface area contributed by atoms with E-state index in [0.29, 0.717) is 0 Å². The molecular formula is C18H27ClN2O. The van der Waals surface area contributed by atoms with Crippen LogP contribution in [0.4, 0.5) is 0 Å². The maximum absolute atomic E-state index is 12.4. The highest BCUT2D eigenvalue weighted by Gasteiger charge is 2.59. The predicted molar refractivity (Wildman–Crippen MR) is 92.6 cm³/mol. The highest BCUT2D eigenvalue weighted by molar-refractivity contribution is 5.85. The number of benzene rings is 1. The number of hydrogen-bond acceptors (Lipinski definition) is 2. The van der Waals surface area contributed by atoms with E-state index in [2.05, 4.69) is 41.8 Å². The Labute approximate surface area is 139 Å². The van der Waals surface area contributed by atoms with Crippen LogP contribution in [0.2, 0.25) is 0 Å². The SMILES string of the molecule is CCCNCCNC(=O)C1CC12CCCc1ccccc12.Cl. The average Bonchev–Trinajstić information content (AvgIpc) is 3.22. The van der Waals surface area contributed by atoms with Gasteiger partial charge in [0.2, 0.25) is 5.91 Å². The summed E-state index contributed by atoms with van der Waals surface area (Å²) in [4.78, 5) is 12.4. The van der Waals surface area contributed by atoms with Crippen LogP contribution in [-0.2, 0) is 16.6 Å². The summed E-state index contributed by atoms with van der Waals surface area (Å²) in [5.41, 5.74) is 3.07. The number of fused-ring (bicyclic) bond motifs is 2. The number of rotatable bonds is 6. The molecule has 1 amide bonds. The Morgan fingerprint density at radius 2 is 2.09 bits per heavy atom. The lowest BCUT2D eigenvalue weighted by Crippen LogP contribution is -2.35. The van der Waals surface area contributed by atoms with Crippen molar-refractivity contribution in [3.05, 3.63) is 35.4 Å². The van der Waals surface area contributed by atoms with Gasteiger partial charge in [0.25, 0.3) is 0 Å². The molecule has 1 fully saturated rings. The largest absolute Gasteiger partial charge is 0.355 e. The maximum Gasteiger partial charge on any atom is 0.224 e. The van der Waals surface area contributed by atoms with Gasteiger partial charge in [0, 0.05) is 24.4 Å². The minimum Gasteiger partial charge on any atom is -0.355 e. The van der Waals surface area contributed by atoms with E-state index in [-0.39, 0.29) is 29.6 Å². The van der Waals surface area contributed by atoms with Gasteiger partial charge in [0.1, 0.15) is 0 Å². The molecule has 0 heterocycles. The van der Waals surface area contributed by atoms with Gasteiger partial charge in [-0.05, 0) is 49.8 Å². The van der Waals surface area contributed by atoms with E-state index in [1.807, 2.05) is 0 Å². The Hall–Kier alpha value is -1.06. The Morgan fingerprint density at radius 3 is 2.91 bits per heavy atom. The van der Waals surface area contributed by atoms with Crippen molar-refractivity contribution in [3.8, 4) is 0 Å². The molecule has 22 heavy (non-hydrogen) atoms. The molecule has 0 radical (unpaired) electrons. The first kappa shape index (κ1) is 17.3. The van der Waals surface area contributed by atoms with Crippen LogP contribution in [-0.4, -0.2) is 25.5 Å². The molecule has 0 aliphatic heterocycles. The van der Waals surface area contributed by atoms with Crippen molar-refractivity contribution in [2.45, 2.75) is 44.4 Å². The molecule has 3 rings (SSSR count). The van der Waals surface area contributed by atoms with Gasteiger partial charge < -0.3 is 10.6 Å². The predicted octanol–water partition coefficient (Wildman–Crippen LogP) is 2.82. The van der Waals surface area contributed by atoms with Gasteiger partial charge >= 0.3 is 0 Å². The number of halogens is 1. The number of carbonyl (C=O) groups excluding carboxylic acids is 1. The van der Waals surface area contributed by atoms with E-state index in [0.717, 1.165) is 32.5 Å². The molecule has 1 spiro atoms. The zero-order valence-electron chi connectivity index (χ0n) is 13.4. The second kappa shape index (κ2) is 7.47. The second-order valence-corrected chi connectivity index (χ2v) is 6.46. The molecule has 3 nitrogen and oxygen atoms in total. The molecule has 1 saturated carbocycles. The Bertz CT molecular complexity index is 520. The summed E-state index contributed by atoms with van der Waals surface area (Å²) in [5, 5.41) is 6.43. The Kier molecular flexibility index (Phi) is 5.87. The van der Waals surface area contributed by atoms with Gasteiger partial charge in [-0.2, -0.15) is 0 Å².